The number of halogens is 4. The first-order valence-corrected chi connectivity index (χ1v) is 6.29. The number of anilines is 2. The van der Waals surface area contributed by atoms with Gasteiger partial charge in [-0.15, -0.1) is 0 Å². The smallest absolute Gasteiger partial charge is 0.451 e. The number of methoxy groups -OCH3 is 1. The third-order valence-electron chi connectivity index (χ3n) is 2.61. The van der Waals surface area contributed by atoms with Crippen molar-refractivity contribution >= 4 is 28.8 Å². The van der Waals surface area contributed by atoms with E-state index in [1.165, 1.54) is 19.2 Å². The van der Waals surface area contributed by atoms with Gasteiger partial charge in [0.15, 0.2) is 0 Å². The molecule has 0 aliphatic heterocycles. The molecule has 7 nitrogen and oxygen atoms in total. The Morgan fingerprint density at radius 1 is 1.30 bits per heavy atom. The highest BCUT2D eigenvalue weighted by Crippen LogP contribution is 2.33. The van der Waals surface area contributed by atoms with Crippen LogP contribution < -0.4 is 10.1 Å². The third-order valence-corrected chi connectivity index (χ3v) is 2.81. The molecule has 0 aliphatic carbocycles. The van der Waals surface area contributed by atoms with E-state index in [4.69, 9.17) is 16.3 Å². The van der Waals surface area contributed by atoms with E-state index in [9.17, 15) is 23.3 Å². The number of nitro benzene ring substituents is 1. The second-order valence-electron chi connectivity index (χ2n) is 4.16. The van der Waals surface area contributed by atoms with Gasteiger partial charge in [-0.2, -0.15) is 13.2 Å². The van der Waals surface area contributed by atoms with Crippen molar-refractivity contribution in [2.75, 3.05) is 12.4 Å². The monoisotopic (exact) mass is 348 g/mol. The van der Waals surface area contributed by atoms with E-state index in [1.807, 2.05) is 0 Å². The van der Waals surface area contributed by atoms with Crippen LogP contribution in [0.5, 0.6) is 5.75 Å². The molecule has 0 aliphatic rings. The lowest BCUT2D eigenvalue weighted by Gasteiger charge is -2.10. The van der Waals surface area contributed by atoms with E-state index in [0.29, 0.717) is 0 Å². The number of nitrogens with zero attached hydrogens (tertiary/aromatic N) is 3. The normalized spacial score (nSPS) is 11.2. The van der Waals surface area contributed by atoms with Gasteiger partial charge in [-0.05, 0) is 12.1 Å². The lowest BCUT2D eigenvalue weighted by Crippen LogP contribution is -2.12. The van der Waals surface area contributed by atoms with Gasteiger partial charge < -0.3 is 10.1 Å². The number of rotatable bonds is 4. The predicted molar refractivity (Wildman–Crippen MR) is 75.0 cm³/mol. The highest BCUT2D eigenvalue weighted by molar-refractivity contribution is 6.29. The number of benzene rings is 1. The predicted octanol–water partition coefficient (Wildman–Crippen LogP) is 3.81. The minimum absolute atomic E-state index is 0.0707. The first kappa shape index (κ1) is 16.7. The molecule has 0 atom stereocenters. The van der Waals surface area contributed by atoms with Crippen LogP contribution in [-0.4, -0.2) is 22.0 Å². The van der Waals surface area contributed by atoms with E-state index in [0.717, 1.165) is 12.1 Å². The quantitative estimate of drug-likeness (QED) is 0.513. The first-order valence-electron chi connectivity index (χ1n) is 5.92. The number of nitro groups is 1. The largest absolute Gasteiger partial charge is 0.496 e. The SMILES string of the molecule is COc1ccc(Nc2cc(Cl)nc(C(F)(F)F)n2)c([N+](=O)[O-])c1. The molecule has 23 heavy (non-hydrogen) atoms. The molecule has 0 fully saturated rings. The number of ether oxygens (including phenoxy) is 1. The number of nitrogens with one attached hydrogen (secondary N) is 1. The third kappa shape index (κ3) is 3.97. The molecule has 2 aromatic rings. The van der Waals surface area contributed by atoms with Crippen LogP contribution >= 0.6 is 11.6 Å². The van der Waals surface area contributed by atoms with Crippen molar-refractivity contribution in [3.63, 3.8) is 0 Å². The van der Waals surface area contributed by atoms with Crippen molar-refractivity contribution in [3.8, 4) is 5.75 Å². The van der Waals surface area contributed by atoms with E-state index in [1.54, 1.807) is 0 Å². The molecule has 0 saturated carbocycles. The molecule has 11 heteroatoms. The van der Waals surface area contributed by atoms with Crippen molar-refractivity contribution in [1.82, 2.24) is 9.97 Å². The fourth-order valence-corrected chi connectivity index (χ4v) is 1.82. The van der Waals surface area contributed by atoms with Crippen LogP contribution in [0, 0.1) is 10.1 Å². The standard InChI is InChI=1S/C12H8ClF3N4O3/c1-23-6-2-3-7(8(4-6)20(21)22)17-10-5-9(13)18-11(19-10)12(14,15)16/h2-5H,1H3,(H,17,18,19). The summed E-state index contributed by atoms with van der Waals surface area (Å²) in [5, 5.41) is 13.0. The maximum absolute atomic E-state index is 12.7. The molecule has 0 bridgehead atoms. The Morgan fingerprint density at radius 3 is 2.57 bits per heavy atom. The lowest BCUT2D eigenvalue weighted by atomic mass is 10.2. The van der Waals surface area contributed by atoms with Crippen LogP contribution in [0.25, 0.3) is 0 Å². The Bertz CT molecular complexity index is 755. The molecule has 1 heterocycles. The van der Waals surface area contributed by atoms with Crippen molar-refractivity contribution in [3.05, 3.63) is 45.4 Å². The highest BCUT2D eigenvalue weighted by atomic mass is 35.5. The summed E-state index contributed by atoms with van der Waals surface area (Å²) in [7, 11) is 1.33. The van der Waals surface area contributed by atoms with Crippen LogP contribution in [-0.2, 0) is 6.18 Å². The van der Waals surface area contributed by atoms with Gasteiger partial charge in [-0.1, -0.05) is 11.6 Å². The summed E-state index contributed by atoms with van der Waals surface area (Å²) in [6, 6.07) is 4.82. The molecule has 0 amide bonds. The molecular weight excluding hydrogens is 341 g/mol. The summed E-state index contributed by atoms with van der Waals surface area (Å²) >= 11 is 5.53. The summed E-state index contributed by atoms with van der Waals surface area (Å²) in [6.07, 6.45) is -4.80. The topological polar surface area (TPSA) is 90.2 Å². The maximum atomic E-state index is 12.7. The lowest BCUT2D eigenvalue weighted by molar-refractivity contribution is -0.384. The van der Waals surface area contributed by atoms with Crippen molar-refractivity contribution < 1.29 is 22.8 Å². The Morgan fingerprint density at radius 2 is 2.00 bits per heavy atom. The van der Waals surface area contributed by atoms with E-state index in [-0.39, 0.29) is 17.3 Å². The van der Waals surface area contributed by atoms with Gasteiger partial charge in [-0.3, -0.25) is 10.1 Å². The van der Waals surface area contributed by atoms with Crippen LogP contribution in [0.4, 0.5) is 30.4 Å². The van der Waals surface area contributed by atoms with Crippen LogP contribution in [0.15, 0.2) is 24.3 Å². The zero-order valence-electron chi connectivity index (χ0n) is 11.4. The number of hydrogen-bond acceptors (Lipinski definition) is 6. The van der Waals surface area contributed by atoms with Crippen molar-refractivity contribution in [2.24, 2.45) is 0 Å². The van der Waals surface area contributed by atoms with Gasteiger partial charge in [0.2, 0.25) is 5.82 Å². The van der Waals surface area contributed by atoms with E-state index >= 15 is 0 Å². The maximum Gasteiger partial charge on any atom is 0.451 e. The van der Waals surface area contributed by atoms with Crippen LogP contribution in [0.1, 0.15) is 5.82 Å². The average Bonchev–Trinajstić information content (AvgIpc) is 2.46. The van der Waals surface area contributed by atoms with E-state index < -0.39 is 27.8 Å². The Hall–Kier alpha value is -2.62. The summed E-state index contributed by atoms with van der Waals surface area (Å²) in [5.41, 5.74) is -0.466. The second-order valence-corrected chi connectivity index (χ2v) is 4.55. The van der Waals surface area contributed by atoms with Gasteiger partial charge in [0.25, 0.3) is 5.69 Å². The number of hydrogen-bond donors (Lipinski definition) is 1. The molecule has 1 aromatic heterocycles. The van der Waals surface area contributed by atoms with Gasteiger partial charge in [0, 0.05) is 6.07 Å². The zero-order chi connectivity index (χ0) is 17.2. The van der Waals surface area contributed by atoms with Crippen LogP contribution in [0.2, 0.25) is 5.15 Å². The first-order chi connectivity index (χ1) is 10.7. The molecule has 0 spiro atoms. The molecule has 0 saturated heterocycles. The Kier molecular flexibility index (Phi) is 4.55. The van der Waals surface area contributed by atoms with E-state index in [2.05, 4.69) is 15.3 Å². The second kappa shape index (κ2) is 6.24. The fourth-order valence-electron chi connectivity index (χ4n) is 1.64. The van der Waals surface area contributed by atoms with Gasteiger partial charge in [0.05, 0.1) is 18.1 Å². The Labute approximate surface area is 132 Å². The molecule has 2 rings (SSSR count). The van der Waals surface area contributed by atoms with Crippen LogP contribution in [0.3, 0.4) is 0 Å². The van der Waals surface area contributed by atoms with Crippen molar-refractivity contribution in [1.29, 1.82) is 0 Å². The minimum atomic E-state index is -4.80. The minimum Gasteiger partial charge on any atom is -0.496 e. The molecule has 1 aromatic carbocycles. The average molecular weight is 349 g/mol. The number of aromatic nitrogens is 2. The molecule has 122 valence electrons. The zero-order valence-corrected chi connectivity index (χ0v) is 12.1. The van der Waals surface area contributed by atoms with Gasteiger partial charge in [0.1, 0.15) is 22.4 Å². The highest BCUT2D eigenvalue weighted by Gasteiger charge is 2.35. The summed E-state index contributed by atoms with van der Waals surface area (Å²) in [4.78, 5) is 16.7. The molecular formula is C12H8ClF3N4O3. The molecule has 0 unspecified atom stereocenters. The van der Waals surface area contributed by atoms with Crippen molar-refractivity contribution in [2.45, 2.75) is 6.18 Å². The molecule has 1 N–H and O–H groups in total. The molecule has 0 radical (unpaired) electrons. The van der Waals surface area contributed by atoms with Gasteiger partial charge >= 0.3 is 6.18 Å². The van der Waals surface area contributed by atoms with Gasteiger partial charge in [-0.25, -0.2) is 9.97 Å². The summed E-state index contributed by atoms with van der Waals surface area (Å²) in [5.74, 6) is -1.56. The summed E-state index contributed by atoms with van der Waals surface area (Å²) in [6.45, 7) is 0. The summed E-state index contributed by atoms with van der Waals surface area (Å²) < 4.78 is 42.8. The fraction of sp³-hybridized carbons (Fsp3) is 0.167. The Balaban J connectivity index is 2.43. The number of alkyl halides is 3.